The molecule has 2 fully saturated rings. The molecule has 1 aliphatic carbocycles. The molecule has 8 heteroatoms. The number of nitrogens with zero attached hydrogens (tertiary/aromatic N) is 3. The fourth-order valence-electron chi connectivity index (χ4n) is 3.10. The van der Waals surface area contributed by atoms with Gasteiger partial charge in [-0.2, -0.15) is 0 Å². The van der Waals surface area contributed by atoms with E-state index in [1.807, 2.05) is 6.07 Å². The minimum Gasteiger partial charge on any atom is -0.455 e. The van der Waals surface area contributed by atoms with Crippen molar-refractivity contribution in [1.82, 2.24) is 15.3 Å². The lowest BCUT2D eigenvalue weighted by molar-refractivity contribution is 0.0922. The molecule has 1 saturated carbocycles. The minimum atomic E-state index is -0.138. The van der Waals surface area contributed by atoms with E-state index in [4.69, 9.17) is 19.1 Å². The van der Waals surface area contributed by atoms with Crippen LogP contribution < -0.4 is 10.2 Å². The average Bonchev–Trinajstić information content (AvgIpc) is 3.46. The van der Waals surface area contributed by atoms with Crippen molar-refractivity contribution < 1.29 is 13.9 Å². The first-order chi connectivity index (χ1) is 14.1. The van der Waals surface area contributed by atoms with Crippen LogP contribution in [0.25, 0.3) is 0 Å². The molecular weight excluding hydrogens is 388 g/mol. The lowest BCUT2D eigenvalue weighted by Crippen LogP contribution is -2.37. The number of hydrogen-bond acceptors (Lipinski definition) is 7. The maximum atomic E-state index is 12.2. The highest BCUT2D eigenvalue weighted by molar-refractivity contribution is 7.98. The zero-order valence-electron chi connectivity index (χ0n) is 17.0. The molecule has 1 saturated heterocycles. The Bertz CT molecular complexity index is 844. The normalized spacial score (nSPS) is 17.0. The standard InChI is InChI=1S/C21H28N4O3S/c1-14(2)17-11-19(25-7-9-27-10-8-25)24-21(23-17)29-13-16-5-6-18(28-16)20(26)22-12-15-3-4-15/h5-6,11,14-15H,3-4,7-10,12-13H2,1-2H3,(H,22,26). The quantitative estimate of drug-likeness (QED) is 0.521. The fourth-order valence-corrected chi connectivity index (χ4v) is 3.86. The number of amides is 1. The molecule has 1 aliphatic heterocycles. The van der Waals surface area contributed by atoms with Gasteiger partial charge in [0.15, 0.2) is 10.9 Å². The highest BCUT2D eigenvalue weighted by Crippen LogP contribution is 2.28. The van der Waals surface area contributed by atoms with Crippen LogP contribution >= 0.6 is 11.8 Å². The second-order valence-electron chi connectivity index (χ2n) is 7.90. The van der Waals surface area contributed by atoms with Crippen molar-refractivity contribution in [3.05, 3.63) is 35.4 Å². The third-order valence-corrected chi connectivity index (χ3v) is 5.99. The third-order valence-electron chi connectivity index (χ3n) is 5.12. The molecule has 2 aliphatic rings. The van der Waals surface area contributed by atoms with E-state index in [1.54, 1.807) is 6.07 Å². The summed E-state index contributed by atoms with van der Waals surface area (Å²) >= 11 is 1.53. The number of rotatable bonds is 8. The predicted molar refractivity (Wildman–Crippen MR) is 112 cm³/mol. The average molecular weight is 417 g/mol. The van der Waals surface area contributed by atoms with Gasteiger partial charge in [-0.3, -0.25) is 4.79 Å². The SMILES string of the molecule is CC(C)c1cc(N2CCOCC2)nc(SCc2ccc(C(=O)NCC3CC3)o2)n1. The van der Waals surface area contributed by atoms with Crippen molar-refractivity contribution in [2.45, 2.75) is 43.5 Å². The number of nitrogens with one attached hydrogen (secondary N) is 1. The molecule has 0 bridgehead atoms. The zero-order valence-corrected chi connectivity index (χ0v) is 17.8. The molecular formula is C21H28N4O3S. The van der Waals surface area contributed by atoms with Gasteiger partial charge in [0.25, 0.3) is 5.91 Å². The molecule has 0 aromatic carbocycles. The Labute approximate surface area is 175 Å². The Morgan fingerprint density at radius 1 is 1.28 bits per heavy atom. The smallest absolute Gasteiger partial charge is 0.287 e. The first-order valence-corrected chi connectivity index (χ1v) is 11.3. The number of aromatic nitrogens is 2. The van der Waals surface area contributed by atoms with Gasteiger partial charge in [-0.25, -0.2) is 9.97 Å². The topological polar surface area (TPSA) is 80.5 Å². The van der Waals surface area contributed by atoms with Gasteiger partial charge in [0.05, 0.1) is 19.0 Å². The van der Waals surface area contributed by atoms with Crippen LogP contribution in [0, 0.1) is 5.92 Å². The molecule has 29 heavy (non-hydrogen) atoms. The van der Waals surface area contributed by atoms with Crippen LogP contribution in [-0.2, 0) is 10.5 Å². The lowest BCUT2D eigenvalue weighted by Gasteiger charge is -2.28. The Morgan fingerprint density at radius 2 is 2.07 bits per heavy atom. The zero-order chi connectivity index (χ0) is 20.2. The van der Waals surface area contributed by atoms with Crippen LogP contribution in [0.15, 0.2) is 27.8 Å². The summed E-state index contributed by atoms with van der Waals surface area (Å²) in [7, 11) is 0. The van der Waals surface area contributed by atoms with E-state index in [0.717, 1.165) is 55.3 Å². The number of carbonyl (C=O) groups excluding carboxylic acids is 1. The third kappa shape index (κ3) is 5.51. The molecule has 2 aromatic heterocycles. The summed E-state index contributed by atoms with van der Waals surface area (Å²) in [5, 5.41) is 3.66. The molecule has 4 rings (SSSR count). The lowest BCUT2D eigenvalue weighted by atomic mass is 10.1. The van der Waals surface area contributed by atoms with Gasteiger partial charge in [-0.15, -0.1) is 0 Å². The largest absolute Gasteiger partial charge is 0.455 e. The molecule has 1 N–H and O–H groups in total. The Morgan fingerprint density at radius 3 is 2.79 bits per heavy atom. The van der Waals surface area contributed by atoms with Crippen molar-refractivity contribution in [1.29, 1.82) is 0 Å². The van der Waals surface area contributed by atoms with Gasteiger partial charge < -0.3 is 19.4 Å². The summed E-state index contributed by atoms with van der Waals surface area (Å²) in [6, 6.07) is 5.67. The van der Waals surface area contributed by atoms with Crippen LogP contribution in [0.2, 0.25) is 0 Å². The fraction of sp³-hybridized carbons (Fsp3) is 0.571. The van der Waals surface area contributed by atoms with Crippen LogP contribution in [0.3, 0.4) is 0 Å². The van der Waals surface area contributed by atoms with E-state index < -0.39 is 0 Å². The maximum absolute atomic E-state index is 12.2. The van der Waals surface area contributed by atoms with Crippen molar-refractivity contribution in [3.8, 4) is 0 Å². The van der Waals surface area contributed by atoms with Crippen molar-refractivity contribution in [3.63, 3.8) is 0 Å². The second-order valence-corrected chi connectivity index (χ2v) is 8.84. The van der Waals surface area contributed by atoms with E-state index in [-0.39, 0.29) is 5.91 Å². The van der Waals surface area contributed by atoms with E-state index in [0.29, 0.717) is 23.3 Å². The van der Waals surface area contributed by atoms with Gasteiger partial charge in [0, 0.05) is 31.4 Å². The summed E-state index contributed by atoms with van der Waals surface area (Å²) in [4.78, 5) is 23.9. The second kappa shape index (κ2) is 9.17. The number of hydrogen-bond donors (Lipinski definition) is 1. The molecule has 2 aromatic rings. The molecule has 156 valence electrons. The van der Waals surface area contributed by atoms with Crippen molar-refractivity contribution >= 4 is 23.5 Å². The summed E-state index contributed by atoms with van der Waals surface area (Å²) in [6.07, 6.45) is 2.42. The van der Waals surface area contributed by atoms with Gasteiger partial charge in [0.2, 0.25) is 0 Å². The van der Waals surface area contributed by atoms with Crippen molar-refractivity contribution in [2.24, 2.45) is 5.92 Å². The summed E-state index contributed by atoms with van der Waals surface area (Å²) < 4.78 is 11.2. The molecule has 3 heterocycles. The first kappa shape index (κ1) is 20.2. The van der Waals surface area contributed by atoms with E-state index in [2.05, 4.69) is 30.1 Å². The summed E-state index contributed by atoms with van der Waals surface area (Å²) in [5.74, 6) is 3.48. The molecule has 0 spiro atoms. The number of ether oxygens (including phenoxy) is 1. The Kier molecular flexibility index (Phi) is 6.40. The molecule has 7 nitrogen and oxygen atoms in total. The Balaban J connectivity index is 1.40. The molecule has 0 atom stereocenters. The van der Waals surface area contributed by atoms with Crippen LogP contribution in [0.1, 0.15) is 54.6 Å². The van der Waals surface area contributed by atoms with E-state index in [9.17, 15) is 4.79 Å². The first-order valence-electron chi connectivity index (χ1n) is 10.3. The molecule has 1 amide bonds. The van der Waals surface area contributed by atoms with Crippen LogP contribution in [0.5, 0.6) is 0 Å². The minimum absolute atomic E-state index is 0.138. The number of anilines is 1. The number of carbonyl (C=O) groups is 1. The highest BCUT2D eigenvalue weighted by Gasteiger charge is 2.23. The van der Waals surface area contributed by atoms with Crippen molar-refractivity contribution in [2.75, 3.05) is 37.7 Å². The summed E-state index contributed by atoms with van der Waals surface area (Å²) in [5.41, 5.74) is 1.03. The van der Waals surface area contributed by atoms with E-state index >= 15 is 0 Å². The predicted octanol–water partition coefficient (Wildman–Crippen LogP) is 3.46. The maximum Gasteiger partial charge on any atom is 0.287 e. The van der Waals surface area contributed by atoms with Crippen LogP contribution in [-0.4, -0.2) is 48.7 Å². The Hall–Kier alpha value is -2.06. The van der Waals surface area contributed by atoms with Gasteiger partial charge in [-0.05, 0) is 36.8 Å². The van der Waals surface area contributed by atoms with E-state index in [1.165, 1.54) is 24.6 Å². The van der Waals surface area contributed by atoms with Gasteiger partial charge >= 0.3 is 0 Å². The number of morpholine rings is 1. The number of thioether (sulfide) groups is 1. The van der Waals surface area contributed by atoms with Gasteiger partial charge in [0.1, 0.15) is 11.6 Å². The number of furan rings is 1. The molecule has 0 radical (unpaired) electrons. The van der Waals surface area contributed by atoms with Gasteiger partial charge in [-0.1, -0.05) is 25.6 Å². The summed E-state index contributed by atoms with van der Waals surface area (Å²) in [6.45, 7) is 8.15. The monoisotopic (exact) mass is 416 g/mol. The highest BCUT2D eigenvalue weighted by atomic mass is 32.2. The van der Waals surface area contributed by atoms with Crippen LogP contribution in [0.4, 0.5) is 5.82 Å². The molecule has 0 unspecified atom stereocenters.